The van der Waals surface area contributed by atoms with Crippen LogP contribution < -0.4 is 15.8 Å². The Morgan fingerprint density at radius 1 is 1.45 bits per heavy atom. The smallest absolute Gasteiger partial charge is 0.257 e. The van der Waals surface area contributed by atoms with Crippen molar-refractivity contribution in [3.8, 4) is 5.75 Å². The number of amides is 1. The molecule has 0 unspecified atom stereocenters. The lowest BCUT2D eigenvalue weighted by Gasteiger charge is -2.22. The number of thioether (sulfide) groups is 1. The van der Waals surface area contributed by atoms with E-state index in [4.69, 9.17) is 22.7 Å². The maximum atomic E-state index is 11.8. The summed E-state index contributed by atoms with van der Waals surface area (Å²) in [5.41, 5.74) is 6.24. The Hall–Kier alpha value is -1.27. The first kappa shape index (κ1) is 16.8. The van der Waals surface area contributed by atoms with Gasteiger partial charge in [-0.1, -0.05) is 24.4 Å². The average molecular weight is 312 g/mol. The molecule has 110 valence electrons. The van der Waals surface area contributed by atoms with E-state index < -0.39 is 0 Å². The largest absolute Gasteiger partial charge is 0.483 e. The molecule has 20 heavy (non-hydrogen) atoms. The van der Waals surface area contributed by atoms with Crippen molar-refractivity contribution in [2.75, 3.05) is 19.4 Å². The minimum absolute atomic E-state index is 0.00634. The topological polar surface area (TPSA) is 64.3 Å². The zero-order valence-electron chi connectivity index (χ0n) is 11.9. The van der Waals surface area contributed by atoms with Crippen LogP contribution >= 0.6 is 24.0 Å². The molecule has 4 nitrogen and oxygen atoms in total. The molecular weight excluding hydrogens is 292 g/mol. The van der Waals surface area contributed by atoms with Gasteiger partial charge in [0.05, 0.1) is 5.56 Å². The lowest BCUT2D eigenvalue weighted by atomic mass is 10.2. The number of nitrogens with two attached hydrogens (primary N) is 1. The quantitative estimate of drug-likeness (QED) is 0.754. The number of thiocarbonyl (C=S) groups is 1. The number of rotatable bonds is 7. The van der Waals surface area contributed by atoms with E-state index in [0.717, 1.165) is 0 Å². The van der Waals surface area contributed by atoms with Gasteiger partial charge >= 0.3 is 0 Å². The maximum Gasteiger partial charge on any atom is 0.257 e. The van der Waals surface area contributed by atoms with E-state index in [1.807, 2.05) is 18.4 Å². The number of carbonyl (C=O) groups is 1. The molecule has 1 aromatic rings. The van der Waals surface area contributed by atoms with Crippen LogP contribution in [0.15, 0.2) is 24.3 Å². The second-order valence-corrected chi connectivity index (χ2v) is 6.84. The van der Waals surface area contributed by atoms with Crippen LogP contribution in [0, 0.1) is 0 Å². The third-order valence-corrected chi connectivity index (χ3v) is 4.24. The van der Waals surface area contributed by atoms with Crippen LogP contribution in [0.2, 0.25) is 0 Å². The lowest BCUT2D eigenvalue weighted by molar-refractivity contribution is -0.123. The second kappa shape index (κ2) is 7.50. The Kier molecular flexibility index (Phi) is 6.29. The number of para-hydroxylation sites is 1. The van der Waals surface area contributed by atoms with Crippen molar-refractivity contribution < 1.29 is 9.53 Å². The Bertz CT molecular complexity index is 490. The van der Waals surface area contributed by atoms with Crippen LogP contribution in [0.5, 0.6) is 5.75 Å². The zero-order valence-corrected chi connectivity index (χ0v) is 13.6. The number of benzene rings is 1. The Morgan fingerprint density at radius 3 is 2.70 bits per heavy atom. The Morgan fingerprint density at radius 2 is 2.10 bits per heavy atom. The monoisotopic (exact) mass is 312 g/mol. The molecule has 1 aromatic carbocycles. The molecule has 1 rings (SSSR count). The van der Waals surface area contributed by atoms with Gasteiger partial charge in [0.15, 0.2) is 6.61 Å². The highest BCUT2D eigenvalue weighted by molar-refractivity contribution is 7.99. The first-order valence-corrected chi connectivity index (χ1v) is 7.82. The molecule has 0 aliphatic carbocycles. The molecule has 0 radical (unpaired) electrons. The van der Waals surface area contributed by atoms with Gasteiger partial charge in [0.25, 0.3) is 5.91 Å². The van der Waals surface area contributed by atoms with Crippen molar-refractivity contribution in [1.82, 2.24) is 5.32 Å². The molecule has 0 saturated heterocycles. The summed E-state index contributed by atoms with van der Waals surface area (Å²) in [4.78, 5) is 12.0. The van der Waals surface area contributed by atoms with Crippen molar-refractivity contribution in [2.45, 2.75) is 18.6 Å². The molecule has 0 spiro atoms. The number of hydrogen-bond acceptors (Lipinski definition) is 4. The molecule has 0 fully saturated rings. The average Bonchev–Trinajstić information content (AvgIpc) is 2.43. The first-order chi connectivity index (χ1) is 9.35. The van der Waals surface area contributed by atoms with Crippen molar-refractivity contribution >= 4 is 34.9 Å². The molecule has 1 amide bonds. The Balaban J connectivity index is 2.52. The lowest BCUT2D eigenvalue weighted by Crippen LogP contribution is -2.38. The summed E-state index contributed by atoms with van der Waals surface area (Å²) in [5, 5.41) is 2.84. The summed E-state index contributed by atoms with van der Waals surface area (Å²) < 4.78 is 5.48. The van der Waals surface area contributed by atoms with Crippen LogP contribution in [-0.2, 0) is 4.79 Å². The van der Waals surface area contributed by atoms with Gasteiger partial charge in [-0.15, -0.1) is 0 Å². The highest BCUT2D eigenvalue weighted by Gasteiger charge is 2.17. The molecule has 0 bridgehead atoms. The molecule has 0 atom stereocenters. The van der Waals surface area contributed by atoms with Gasteiger partial charge in [-0.3, -0.25) is 4.79 Å². The molecule has 3 N–H and O–H groups in total. The number of hydrogen-bond donors (Lipinski definition) is 2. The van der Waals surface area contributed by atoms with Gasteiger partial charge in [0.2, 0.25) is 0 Å². The van der Waals surface area contributed by atoms with Crippen LogP contribution in [0.1, 0.15) is 19.4 Å². The molecule has 0 aliphatic heterocycles. The van der Waals surface area contributed by atoms with Gasteiger partial charge in [-0.05, 0) is 32.2 Å². The number of carbonyl (C=O) groups excluding carboxylic acids is 1. The predicted octanol–water partition coefficient (Wildman–Crippen LogP) is 1.96. The third-order valence-electron chi connectivity index (χ3n) is 2.78. The van der Waals surface area contributed by atoms with Gasteiger partial charge < -0.3 is 15.8 Å². The van der Waals surface area contributed by atoms with E-state index in [9.17, 15) is 4.79 Å². The van der Waals surface area contributed by atoms with Gasteiger partial charge in [0, 0.05) is 11.3 Å². The summed E-state index contributed by atoms with van der Waals surface area (Å²) in [6, 6.07) is 7.15. The SMILES string of the molecule is CSC(C)(C)CNC(=O)COc1ccccc1C(N)=S. The van der Waals surface area contributed by atoms with Crippen molar-refractivity contribution in [3.63, 3.8) is 0 Å². The number of ether oxygens (including phenoxy) is 1. The summed E-state index contributed by atoms with van der Waals surface area (Å²) in [7, 11) is 0. The summed E-state index contributed by atoms with van der Waals surface area (Å²) >= 11 is 6.64. The highest BCUT2D eigenvalue weighted by Crippen LogP contribution is 2.20. The first-order valence-electron chi connectivity index (χ1n) is 6.19. The molecule has 6 heteroatoms. The normalized spacial score (nSPS) is 10.9. The van der Waals surface area contributed by atoms with Crippen LogP contribution in [-0.4, -0.2) is 35.1 Å². The van der Waals surface area contributed by atoms with Gasteiger partial charge in [-0.25, -0.2) is 0 Å². The maximum absolute atomic E-state index is 11.8. The van der Waals surface area contributed by atoms with E-state index in [0.29, 0.717) is 17.9 Å². The van der Waals surface area contributed by atoms with E-state index in [-0.39, 0.29) is 22.2 Å². The van der Waals surface area contributed by atoms with E-state index in [1.165, 1.54) is 0 Å². The molecule has 0 aromatic heterocycles. The minimum atomic E-state index is -0.162. The highest BCUT2D eigenvalue weighted by atomic mass is 32.2. The van der Waals surface area contributed by atoms with Crippen LogP contribution in [0.3, 0.4) is 0 Å². The van der Waals surface area contributed by atoms with Crippen molar-refractivity contribution in [3.05, 3.63) is 29.8 Å². The van der Waals surface area contributed by atoms with E-state index in [2.05, 4.69) is 19.2 Å². The predicted molar refractivity (Wildman–Crippen MR) is 88.4 cm³/mol. The Labute approximate surface area is 129 Å². The fourth-order valence-corrected chi connectivity index (χ4v) is 1.76. The zero-order chi connectivity index (χ0) is 15.2. The third kappa shape index (κ3) is 5.38. The molecule has 0 aliphatic rings. The van der Waals surface area contributed by atoms with Crippen molar-refractivity contribution in [2.24, 2.45) is 5.73 Å². The minimum Gasteiger partial charge on any atom is -0.483 e. The second-order valence-electron chi connectivity index (χ2n) is 4.89. The molecule has 0 heterocycles. The standard InChI is InChI=1S/C14H20N2O2S2/c1-14(2,20-3)9-16-12(17)8-18-11-7-5-4-6-10(11)13(15)19/h4-7H,8-9H2,1-3H3,(H2,15,19)(H,16,17). The molecule has 0 saturated carbocycles. The molecular formula is C14H20N2O2S2. The van der Waals surface area contributed by atoms with Crippen LogP contribution in [0.25, 0.3) is 0 Å². The van der Waals surface area contributed by atoms with Crippen molar-refractivity contribution in [1.29, 1.82) is 0 Å². The summed E-state index contributed by atoms with van der Waals surface area (Å²) in [6.45, 7) is 4.68. The fourth-order valence-electron chi connectivity index (χ4n) is 1.37. The summed E-state index contributed by atoms with van der Waals surface area (Å²) in [6.07, 6.45) is 2.01. The summed E-state index contributed by atoms with van der Waals surface area (Å²) in [5.74, 6) is 0.365. The van der Waals surface area contributed by atoms with Gasteiger partial charge in [0.1, 0.15) is 10.7 Å². The van der Waals surface area contributed by atoms with Gasteiger partial charge in [-0.2, -0.15) is 11.8 Å². The van der Waals surface area contributed by atoms with E-state index >= 15 is 0 Å². The van der Waals surface area contributed by atoms with E-state index in [1.54, 1.807) is 23.9 Å². The number of nitrogens with one attached hydrogen (secondary N) is 1. The fraction of sp³-hybridized carbons (Fsp3) is 0.429. The van der Waals surface area contributed by atoms with Crippen LogP contribution in [0.4, 0.5) is 0 Å².